The first-order valence-corrected chi connectivity index (χ1v) is 44.9. The molecule has 14 rings (SSSR count). The Bertz CT molecular complexity index is 4610. The molecule has 1 aliphatic carbocycles. The number of aryl methyl sites for hydroxylation is 4. The van der Waals surface area contributed by atoms with Crippen LogP contribution in [0.4, 0.5) is 0 Å². The van der Waals surface area contributed by atoms with E-state index in [1.54, 1.807) is 18.5 Å². The summed E-state index contributed by atoms with van der Waals surface area (Å²) in [4.78, 5) is 10.3. The van der Waals surface area contributed by atoms with Gasteiger partial charge < -0.3 is 15.1 Å². The van der Waals surface area contributed by atoms with Gasteiger partial charge in [-0.1, -0.05) is 434 Å². The van der Waals surface area contributed by atoms with Gasteiger partial charge in [-0.3, -0.25) is 0 Å². The van der Waals surface area contributed by atoms with E-state index in [0.29, 0.717) is 11.7 Å². The van der Waals surface area contributed by atoms with Crippen molar-refractivity contribution in [3.63, 3.8) is 0 Å². The van der Waals surface area contributed by atoms with Gasteiger partial charge in [-0.15, -0.1) is 0 Å². The Kier molecular flexibility index (Phi) is 52.4. The molecule has 120 heavy (non-hydrogen) atoms. The summed E-state index contributed by atoms with van der Waals surface area (Å²) in [5.74, 6) is 8.36. The highest BCUT2D eigenvalue weighted by Gasteiger charge is 2.14. The molecule has 0 amide bonds. The molecule has 0 spiro atoms. The second-order valence-electron chi connectivity index (χ2n) is 36.3. The van der Waals surface area contributed by atoms with E-state index in [-0.39, 0.29) is 22.3 Å². The molecule has 1 aliphatic rings. The summed E-state index contributed by atoms with van der Waals surface area (Å²) in [6.45, 7) is 40.7. The maximum absolute atomic E-state index is 9.03. The number of phenolic OH excluding ortho intramolecular Hbond substituents is 1. The van der Waals surface area contributed by atoms with E-state index in [9.17, 15) is 0 Å². The number of phenols is 1. The molecule has 1 saturated carbocycles. The number of hydrogen-bond acceptors (Lipinski definition) is 2. The molecule has 648 valence electrons. The fraction of sp³-hybridized carbons (Fsp3) is 0.422. The second-order valence-corrected chi connectivity index (χ2v) is 36.3. The minimum Gasteiger partial charge on any atom is -0.508 e. The predicted octanol–water partition coefficient (Wildman–Crippen LogP) is 34.7. The van der Waals surface area contributed by atoms with Crippen LogP contribution < -0.4 is 0 Å². The number of aromatic nitrogens is 3. The van der Waals surface area contributed by atoms with Crippen LogP contribution in [-0.2, 0) is 51.4 Å². The molecule has 11 aromatic carbocycles. The standard InChI is InChI=1S/C17H20.C16H18.C15H18.C14H16.C12H15N.C11H16O.C11H16.C10H20.C7H12N2.3CH4/c1-14(2)8-9-15-10-12-17(13-11-15)16-6-4-3-5-7-16;1-13(2)12-14-8-10-16(11-9-14)15-6-4-3-5-7-15;1-12(2)7-8-13-9-10-14-5-3-4-6-15(14)11-13;1-11(2)10-13-8-5-7-12-6-3-4-9-14(12)13;1-9(2)7-10-8-13-12-6-4-3-5-11(10)12;1-9(2)3-4-10-5-7-11(12)8-6-10;1-10(2)8-9-11-6-4-3-5-7-11;1-9(2)8-10-6-4-3-5-7-10;1-6(2)3-7-4-8-5-9-7;;;/h3-7,10-14H,8-9H2,1-2H3;3-11,13H,12H2,1-2H3;3-6,9-12H,7-8H2,1-2H3;3-9,11H,10H2,1-2H3;3-6,8-9,13H,7H2,1-2H3;5-9,12H,3-4H2,1-2H3;3-7,10H,8-9H2,1-2H3;9-10H,3-8H2,1-2H3;4-6H,3H2,1-2H3,(H,8,9);3*1H4. The first kappa shape index (κ1) is 105. The highest BCUT2D eigenvalue weighted by Crippen LogP contribution is 2.30. The molecule has 13 aromatic rings. The predicted molar refractivity (Wildman–Crippen MR) is 536 cm³/mol. The summed E-state index contributed by atoms with van der Waals surface area (Å²) in [5, 5.41) is 15.9. The number of imidazole rings is 1. The number of aromatic hydroxyl groups is 1. The number of aromatic amines is 2. The summed E-state index contributed by atoms with van der Waals surface area (Å²) in [6, 6.07) is 96.1. The van der Waals surface area contributed by atoms with E-state index in [1.165, 1.54) is 189 Å². The fourth-order valence-corrected chi connectivity index (χ4v) is 14.5. The van der Waals surface area contributed by atoms with Crippen molar-refractivity contribution < 1.29 is 5.11 Å². The van der Waals surface area contributed by atoms with Gasteiger partial charge in [0, 0.05) is 29.0 Å². The number of fused-ring (bicyclic) bond motifs is 3. The monoisotopic (exact) mass is 1610 g/mol. The van der Waals surface area contributed by atoms with Gasteiger partial charge in [-0.2, -0.15) is 0 Å². The van der Waals surface area contributed by atoms with Crippen LogP contribution in [0, 0.1) is 59.2 Å². The van der Waals surface area contributed by atoms with Crippen LogP contribution in [0.15, 0.2) is 292 Å². The Labute approximate surface area is 733 Å². The quantitative estimate of drug-likeness (QED) is 0.0564. The summed E-state index contributed by atoms with van der Waals surface area (Å²) >= 11 is 0. The van der Waals surface area contributed by atoms with Gasteiger partial charge in [-0.05, 0) is 244 Å². The molecule has 0 unspecified atom stereocenters. The van der Waals surface area contributed by atoms with Crippen molar-refractivity contribution in [2.24, 2.45) is 59.2 Å². The Morgan fingerprint density at radius 3 is 1.18 bits per heavy atom. The lowest BCUT2D eigenvalue weighted by Crippen LogP contribution is -2.08. The smallest absolute Gasteiger partial charge is 0.115 e. The van der Waals surface area contributed by atoms with Crippen LogP contribution in [0.5, 0.6) is 5.75 Å². The SMILES string of the molecule is C.C.C.CC(C)CC1CCCCC1.CC(C)CCc1ccc(-c2ccccc2)cc1.CC(C)CCc1ccc(O)cc1.CC(C)CCc1ccc2ccccc2c1.CC(C)CCc1ccccc1.CC(C)Cc1c[nH]c2ccccc12.CC(C)Cc1ccc(-c2ccccc2)cc1.CC(C)Cc1cccc2ccccc12.CC(C)Cc1cnc[nH]1. The summed E-state index contributed by atoms with van der Waals surface area (Å²) in [5.41, 5.74) is 17.7. The number of rotatable bonds is 24. The molecule has 1 fully saturated rings. The topological polar surface area (TPSA) is 64.7 Å². The van der Waals surface area contributed by atoms with Gasteiger partial charge in [-0.25, -0.2) is 4.98 Å². The number of nitrogens with one attached hydrogen (secondary N) is 2. The van der Waals surface area contributed by atoms with Crippen molar-refractivity contribution in [1.82, 2.24) is 15.0 Å². The largest absolute Gasteiger partial charge is 0.508 e. The molecule has 4 nitrogen and oxygen atoms in total. The minimum atomic E-state index is 0. The number of H-pyrrole nitrogens is 2. The molecule has 0 saturated heterocycles. The average molecular weight is 1620 g/mol. The lowest BCUT2D eigenvalue weighted by atomic mass is 9.84. The Hall–Kier alpha value is -9.51. The van der Waals surface area contributed by atoms with Crippen molar-refractivity contribution >= 4 is 32.4 Å². The van der Waals surface area contributed by atoms with E-state index in [1.807, 2.05) is 18.3 Å². The molecule has 0 aliphatic heterocycles. The molecule has 4 heteroatoms. The van der Waals surface area contributed by atoms with E-state index < -0.39 is 0 Å². The zero-order valence-electron chi connectivity index (χ0n) is 75.6. The van der Waals surface area contributed by atoms with Crippen LogP contribution in [-0.4, -0.2) is 20.1 Å². The van der Waals surface area contributed by atoms with Gasteiger partial charge in [0.1, 0.15) is 5.75 Å². The van der Waals surface area contributed by atoms with Gasteiger partial charge in [0.25, 0.3) is 0 Å². The normalized spacial score (nSPS) is 11.5. The van der Waals surface area contributed by atoms with Crippen LogP contribution in [0.2, 0.25) is 0 Å². The Morgan fingerprint density at radius 1 is 0.308 bits per heavy atom. The average Bonchev–Trinajstić information content (AvgIpc) is 1.56. The highest BCUT2D eigenvalue weighted by molar-refractivity contribution is 5.86. The molecular formula is C116H163N3O. The van der Waals surface area contributed by atoms with E-state index in [2.05, 4.69) is 394 Å². The minimum absolute atomic E-state index is 0. The van der Waals surface area contributed by atoms with Crippen molar-refractivity contribution in [2.45, 2.75) is 262 Å². The van der Waals surface area contributed by atoms with E-state index in [0.717, 1.165) is 78.9 Å². The van der Waals surface area contributed by atoms with Crippen LogP contribution in [0.1, 0.15) is 256 Å². The lowest BCUT2D eigenvalue weighted by molar-refractivity contribution is 0.305. The molecular weight excluding hydrogens is 1450 g/mol. The lowest BCUT2D eigenvalue weighted by Gasteiger charge is -2.22. The summed E-state index contributed by atoms with van der Waals surface area (Å²) in [6.07, 6.45) is 29.1. The van der Waals surface area contributed by atoms with Crippen molar-refractivity contribution in [3.8, 4) is 28.0 Å². The van der Waals surface area contributed by atoms with Gasteiger partial charge >= 0.3 is 0 Å². The zero-order valence-corrected chi connectivity index (χ0v) is 75.6. The fourth-order valence-electron chi connectivity index (χ4n) is 14.5. The van der Waals surface area contributed by atoms with E-state index in [4.69, 9.17) is 5.11 Å². The van der Waals surface area contributed by atoms with Gasteiger partial charge in [0.15, 0.2) is 0 Å². The molecule has 0 bridgehead atoms. The maximum atomic E-state index is 9.03. The van der Waals surface area contributed by atoms with E-state index >= 15 is 0 Å². The van der Waals surface area contributed by atoms with Crippen molar-refractivity contribution in [1.29, 1.82) is 0 Å². The third-order valence-corrected chi connectivity index (χ3v) is 20.9. The third-order valence-electron chi connectivity index (χ3n) is 20.9. The molecule has 0 atom stereocenters. The summed E-state index contributed by atoms with van der Waals surface area (Å²) in [7, 11) is 0. The number of para-hydroxylation sites is 1. The second kappa shape index (κ2) is 60.1. The van der Waals surface area contributed by atoms with Crippen LogP contribution >= 0.6 is 0 Å². The number of hydrogen-bond donors (Lipinski definition) is 3. The zero-order chi connectivity index (χ0) is 84.5. The first-order valence-electron chi connectivity index (χ1n) is 44.9. The van der Waals surface area contributed by atoms with Crippen molar-refractivity contribution in [2.75, 3.05) is 0 Å². The Balaban J connectivity index is 0.000000350. The van der Waals surface area contributed by atoms with Crippen LogP contribution in [0.3, 0.4) is 0 Å². The molecule has 0 radical (unpaired) electrons. The summed E-state index contributed by atoms with van der Waals surface area (Å²) < 4.78 is 0. The maximum Gasteiger partial charge on any atom is 0.115 e. The van der Waals surface area contributed by atoms with Gasteiger partial charge in [0.2, 0.25) is 0 Å². The highest BCUT2D eigenvalue weighted by atomic mass is 16.3. The third kappa shape index (κ3) is 44.2. The number of benzene rings is 11. The van der Waals surface area contributed by atoms with Crippen molar-refractivity contribution in [3.05, 3.63) is 336 Å². The number of nitrogens with zero attached hydrogens (tertiary/aromatic N) is 1. The molecule has 2 heterocycles. The van der Waals surface area contributed by atoms with Gasteiger partial charge in [0.05, 0.1) is 6.33 Å². The molecule has 3 N–H and O–H groups in total. The molecule has 2 aromatic heterocycles. The first-order chi connectivity index (χ1) is 56.3. The Morgan fingerprint density at radius 2 is 0.700 bits per heavy atom. The van der Waals surface area contributed by atoms with Crippen LogP contribution in [0.25, 0.3) is 54.7 Å².